The first-order valence-corrected chi connectivity index (χ1v) is 10.2. The van der Waals surface area contributed by atoms with Crippen LogP contribution in [0, 0.1) is 0 Å². The smallest absolute Gasteiger partial charge is 0.269 e. The Kier molecular flexibility index (Phi) is 7.71. The molecule has 0 atom stereocenters. The monoisotopic (exact) mass is 435 g/mol. The lowest BCUT2D eigenvalue weighted by Crippen LogP contribution is -2.14. The fourth-order valence-electron chi connectivity index (χ4n) is 2.68. The van der Waals surface area contributed by atoms with Crippen molar-refractivity contribution >= 4 is 44.6 Å². The molecule has 0 aliphatic rings. The number of halogens is 1. The number of anilines is 1. The standard InChI is InChI=1S/C21H22ClNO5S/c1-25-9-11-27-17-8-7-14(22)13-16(17)23-21(24)20-19(28-12-10-26-2)15-5-3-4-6-18(15)29-20/h3-8,13H,9-12H2,1-2H3,(H,23,24). The molecule has 8 heteroatoms. The number of amides is 1. The Bertz CT molecular complexity index is 975. The summed E-state index contributed by atoms with van der Waals surface area (Å²) in [5.41, 5.74) is 0.485. The average molecular weight is 436 g/mol. The van der Waals surface area contributed by atoms with E-state index in [4.69, 9.17) is 30.5 Å². The molecule has 154 valence electrons. The van der Waals surface area contributed by atoms with Crippen molar-refractivity contribution in [3.05, 3.63) is 52.4 Å². The third kappa shape index (κ3) is 5.39. The van der Waals surface area contributed by atoms with Crippen LogP contribution >= 0.6 is 22.9 Å². The molecule has 0 radical (unpaired) electrons. The highest BCUT2D eigenvalue weighted by Crippen LogP contribution is 2.39. The first-order valence-electron chi connectivity index (χ1n) is 9.00. The van der Waals surface area contributed by atoms with Crippen molar-refractivity contribution in [1.29, 1.82) is 0 Å². The van der Waals surface area contributed by atoms with Crippen molar-refractivity contribution in [3.63, 3.8) is 0 Å². The zero-order valence-corrected chi connectivity index (χ0v) is 17.8. The minimum Gasteiger partial charge on any atom is -0.489 e. The molecule has 6 nitrogen and oxygen atoms in total. The molecule has 1 aromatic heterocycles. The second-order valence-electron chi connectivity index (χ2n) is 6.03. The first kappa shape index (κ1) is 21.4. The van der Waals surface area contributed by atoms with E-state index in [1.54, 1.807) is 32.4 Å². The predicted octanol–water partition coefficient (Wildman–Crippen LogP) is 4.86. The SMILES string of the molecule is COCCOc1ccc(Cl)cc1NC(=O)c1sc2ccccc2c1OCCOC. The van der Waals surface area contributed by atoms with Crippen LogP contribution in [0.5, 0.6) is 11.5 Å². The Morgan fingerprint density at radius 3 is 2.48 bits per heavy atom. The molecule has 0 aliphatic heterocycles. The molecule has 0 bridgehead atoms. The Morgan fingerprint density at radius 1 is 1.00 bits per heavy atom. The van der Waals surface area contributed by atoms with Gasteiger partial charge in [-0.3, -0.25) is 4.79 Å². The summed E-state index contributed by atoms with van der Waals surface area (Å²) < 4.78 is 22.6. The number of hydrogen-bond acceptors (Lipinski definition) is 6. The third-order valence-electron chi connectivity index (χ3n) is 4.02. The van der Waals surface area contributed by atoms with Gasteiger partial charge in [0.1, 0.15) is 23.8 Å². The number of carbonyl (C=O) groups is 1. The molecule has 0 unspecified atom stereocenters. The van der Waals surface area contributed by atoms with E-state index >= 15 is 0 Å². The molecule has 2 aromatic carbocycles. The van der Waals surface area contributed by atoms with Gasteiger partial charge in [0.2, 0.25) is 0 Å². The van der Waals surface area contributed by atoms with Gasteiger partial charge in [0.25, 0.3) is 5.91 Å². The van der Waals surface area contributed by atoms with Gasteiger partial charge >= 0.3 is 0 Å². The highest BCUT2D eigenvalue weighted by atomic mass is 35.5. The van der Waals surface area contributed by atoms with Crippen molar-refractivity contribution < 1.29 is 23.7 Å². The van der Waals surface area contributed by atoms with Crippen LogP contribution in [0.25, 0.3) is 10.1 Å². The van der Waals surface area contributed by atoms with Gasteiger partial charge in [0, 0.05) is 29.3 Å². The van der Waals surface area contributed by atoms with E-state index in [-0.39, 0.29) is 5.91 Å². The number of methoxy groups -OCH3 is 2. The van der Waals surface area contributed by atoms with Crippen molar-refractivity contribution in [1.82, 2.24) is 0 Å². The maximum absolute atomic E-state index is 13.1. The highest BCUT2D eigenvalue weighted by Gasteiger charge is 2.21. The quantitative estimate of drug-likeness (QED) is 0.461. The zero-order chi connectivity index (χ0) is 20.6. The van der Waals surface area contributed by atoms with Gasteiger partial charge in [-0.2, -0.15) is 0 Å². The average Bonchev–Trinajstić information content (AvgIpc) is 3.09. The predicted molar refractivity (Wildman–Crippen MR) is 116 cm³/mol. The molecule has 0 spiro atoms. The molecule has 0 saturated heterocycles. The molecule has 1 N–H and O–H groups in total. The molecule has 1 amide bonds. The lowest BCUT2D eigenvalue weighted by atomic mass is 10.2. The Balaban J connectivity index is 1.88. The van der Waals surface area contributed by atoms with Crippen LogP contribution in [0.15, 0.2) is 42.5 Å². The number of ether oxygens (including phenoxy) is 4. The Hall–Kier alpha value is -2.32. The summed E-state index contributed by atoms with van der Waals surface area (Å²) in [5.74, 6) is 0.768. The lowest BCUT2D eigenvalue weighted by Gasteiger charge is -2.13. The van der Waals surface area contributed by atoms with Gasteiger partial charge in [-0.15, -0.1) is 11.3 Å². The molecule has 0 saturated carbocycles. The lowest BCUT2D eigenvalue weighted by molar-refractivity contribution is 0.102. The molecular weight excluding hydrogens is 414 g/mol. The van der Waals surface area contributed by atoms with Crippen LogP contribution in [0.4, 0.5) is 5.69 Å². The number of rotatable bonds is 10. The van der Waals surface area contributed by atoms with Gasteiger partial charge in [0.05, 0.1) is 18.9 Å². The maximum atomic E-state index is 13.1. The first-order chi connectivity index (χ1) is 14.1. The summed E-state index contributed by atoms with van der Waals surface area (Å²) in [5, 5.41) is 4.28. The minimum atomic E-state index is -0.294. The van der Waals surface area contributed by atoms with Crippen molar-refractivity contribution in [2.45, 2.75) is 0 Å². The van der Waals surface area contributed by atoms with Gasteiger partial charge < -0.3 is 24.3 Å². The summed E-state index contributed by atoms with van der Waals surface area (Å²) in [6.07, 6.45) is 0. The maximum Gasteiger partial charge on any atom is 0.269 e. The highest BCUT2D eigenvalue weighted by molar-refractivity contribution is 7.21. The molecule has 29 heavy (non-hydrogen) atoms. The van der Waals surface area contributed by atoms with E-state index in [0.29, 0.717) is 53.5 Å². The zero-order valence-electron chi connectivity index (χ0n) is 16.2. The van der Waals surface area contributed by atoms with Gasteiger partial charge in [-0.25, -0.2) is 0 Å². The van der Waals surface area contributed by atoms with Gasteiger partial charge in [-0.1, -0.05) is 23.7 Å². The molecule has 0 aliphatic carbocycles. The van der Waals surface area contributed by atoms with Gasteiger partial charge in [-0.05, 0) is 30.3 Å². The molecule has 3 rings (SSSR count). The molecule has 0 fully saturated rings. The molecule has 1 heterocycles. The van der Waals surface area contributed by atoms with Crippen molar-refractivity contribution in [3.8, 4) is 11.5 Å². The minimum absolute atomic E-state index is 0.294. The van der Waals surface area contributed by atoms with E-state index in [1.807, 2.05) is 24.3 Å². The largest absolute Gasteiger partial charge is 0.489 e. The number of benzene rings is 2. The number of nitrogens with one attached hydrogen (secondary N) is 1. The summed E-state index contributed by atoms with van der Waals surface area (Å²) >= 11 is 7.49. The van der Waals surface area contributed by atoms with Crippen molar-refractivity contribution in [2.75, 3.05) is 46.0 Å². The van der Waals surface area contributed by atoms with Crippen LogP contribution in [0.2, 0.25) is 5.02 Å². The fourth-order valence-corrected chi connectivity index (χ4v) is 3.90. The van der Waals surface area contributed by atoms with Gasteiger partial charge in [0.15, 0.2) is 5.75 Å². The summed E-state index contributed by atoms with van der Waals surface area (Å²) in [7, 11) is 3.20. The summed E-state index contributed by atoms with van der Waals surface area (Å²) in [6.45, 7) is 1.57. The Morgan fingerprint density at radius 2 is 1.72 bits per heavy atom. The molecular formula is C21H22ClNO5S. The third-order valence-corrected chi connectivity index (χ3v) is 5.41. The van der Waals surface area contributed by atoms with E-state index in [0.717, 1.165) is 10.1 Å². The summed E-state index contributed by atoms with van der Waals surface area (Å²) in [6, 6.07) is 12.8. The number of hydrogen-bond donors (Lipinski definition) is 1. The van der Waals surface area contributed by atoms with E-state index in [2.05, 4.69) is 5.32 Å². The normalized spacial score (nSPS) is 10.9. The number of carbonyl (C=O) groups excluding carboxylic acids is 1. The number of fused-ring (bicyclic) bond motifs is 1. The topological polar surface area (TPSA) is 66.0 Å². The second-order valence-corrected chi connectivity index (χ2v) is 7.52. The van der Waals surface area contributed by atoms with Crippen molar-refractivity contribution in [2.24, 2.45) is 0 Å². The van der Waals surface area contributed by atoms with E-state index in [9.17, 15) is 4.79 Å². The summed E-state index contributed by atoms with van der Waals surface area (Å²) in [4.78, 5) is 13.6. The number of thiophene rings is 1. The molecule has 3 aromatic rings. The van der Waals surface area contributed by atoms with Crippen LogP contribution in [-0.2, 0) is 9.47 Å². The van der Waals surface area contributed by atoms with E-state index < -0.39 is 0 Å². The fraction of sp³-hybridized carbons (Fsp3) is 0.286. The second kappa shape index (κ2) is 10.5. The Labute approximate surface area is 178 Å². The van der Waals surface area contributed by atoms with Crippen LogP contribution in [0.3, 0.4) is 0 Å². The van der Waals surface area contributed by atoms with Crippen LogP contribution in [-0.4, -0.2) is 46.6 Å². The van der Waals surface area contributed by atoms with Crippen LogP contribution < -0.4 is 14.8 Å². The van der Waals surface area contributed by atoms with E-state index in [1.165, 1.54) is 11.3 Å². The van der Waals surface area contributed by atoms with Crippen LogP contribution in [0.1, 0.15) is 9.67 Å².